The van der Waals surface area contributed by atoms with Gasteiger partial charge in [-0.25, -0.2) is 19.9 Å². The minimum atomic E-state index is 0.653. The minimum absolute atomic E-state index is 0.653. The van der Waals surface area contributed by atoms with Crippen molar-refractivity contribution in [3.05, 3.63) is 388 Å². The zero-order valence-corrected chi connectivity index (χ0v) is 66.2. The molecule has 0 fully saturated rings. The molecule has 9 nitrogen and oxygen atoms in total. The van der Waals surface area contributed by atoms with Crippen LogP contribution in [0.5, 0.6) is 0 Å². The maximum atomic E-state index is 6.49. The minimum Gasteiger partial charge on any atom is -0.452 e. The second-order valence-electron chi connectivity index (χ2n) is 32.2. The van der Waals surface area contributed by atoms with Crippen LogP contribution >= 0.6 is 11.3 Å². The number of hydrogen-bond acceptors (Lipinski definition) is 6. The van der Waals surface area contributed by atoms with Crippen LogP contribution in [0.25, 0.3) is 263 Å². The van der Waals surface area contributed by atoms with Crippen molar-refractivity contribution >= 4 is 195 Å². The predicted octanol–water partition coefficient (Wildman–Crippen LogP) is 30.0. The Bertz CT molecular complexity index is 8700. The van der Waals surface area contributed by atoms with Gasteiger partial charge in [-0.15, -0.1) is 11.3 Å². The van der Waals surface area contributed by atoms with Gasteiger partial charge in [0.2, 0.25) is 0 Å². The maximum absolute atomic E-state index is 6.49. The Kier molecular flexibility index (Phi) is 14.1. The van der Waals surface area contributed by atoms with Crippen molar-refractivity contribution in [2.24, 2.45) is 0 Å². The van der Waals surface area contributed by atoms with Crippen LogP contribution in [0.2, 0.25) is 0 Å². The fourth-order valence-electron chi connectivity index (χ4n) is 20.4. The summed E-state index contributed by atoms with van der Waals surface area (Å²) in [6.07, 6.45) is 0. The number of hydrogen-bond donors (Lipinski definition) is 0. The zero-order chi connectivity index (χ0) is 79.5. The van der Waals surface area contributed by atoms with Gasteiger partial charge in [0.05, 0.1) is 71.1 Å². The lowest BCUT2D eigenvalue weighted by atomic mass is 9.99. The first-order valence-electron chi connectivity index (χ1n) is 41.5. The summed E-state index contributed by atoms with van der Waals surface area (Å²) in [7, 11) is 0. The van der Waals surface area contributed by atoms with Crippen molar-refractivity contribution in [1.82, 2.24) is 37.9 Å². The molecule has 564 valence electrons. The smallest absolute Gasteiger partial charge is 0.180 e. The molecule has 0 N–H and O–H groups in total. The average molecular weight is 1570 g/mol. The highest BCUT2D eigenvalue weighted by atomic mass is 32.1. The molecule has 18 aromatic carbocycles. The summed E-state index contributed by atoms with van der Waals surface area (Å²) in [5, 5.41) is 22.5. The van der Waals surface area contributed by atoms with Crippen molar-refractivity contribution in [1.29, 1.82) is 0 Å². The van der Waals surface area contributed by atoms with E-state index in [0.29, 0.717) is 11.4 Å². The number of benzene rings is 18. The zero-order valence-electron chi connectivity index (χ0n) is 65.3. The molecule has 10 aromatic heterocycles. The molecule has 0 saturated heterocycles. The van der Waals surface area contributed by atoms with E-state index in [-0.39, 0.29) is 0 Å². The second-order valence-corrected chi connectivity index (χ2v) is 33.2. The van der Waals surface area contributed by atoms with Gasteiger partial charge in [-0.1, -0.05) is 273 Å². The molecule has 0 atom stereocenters. The molecule has 0 unspecified atom stereocenters. The second kappa shape index (κ2) is 25.7. The monoisotopic (exact) mass is 1570 g/mol. The van der Waals surface area contributed by atoms with Crippen molar-refractivity contribution in [3.63, 3.8) is 0 Å². The lowest BCUT2D eigenvalue weighted by Gasteiger charge is -2.11. The Morgan fingerprint density at radius 3 is 1.11 bits per heavy atom. The summed E-state index contributed by atoms with van der Waals surface area (Å²) in [4.78, 5) is 21.1. The van der Waals surface area contributed by atoms with E-state index in [0.717, 1.165) is 88.5 Å². The molecular formula is C112H64N8OS. The Labute approximate surface area is 699 Å². The Morgan fingerprint density at radius 2 is 0.607 bits per heavy atom. The SMILES string of the molecule is c1ccc(-c2ccc(-c3nc(-c4ccc(-n5c6ccc7ccccc7c6c6c7c8ccccc8n8c9ccccc9c(cc65)c78)cc4)nc4c3oc3ccccc34)cc2)cc1.c1ccc(-c2ccc(-c3nc(-c4ccc(-n5c6ccc7ccccc7c6c6c7c8ccccc8n8c9ccccc9c(cc65)c78)cc4)nc4c3sc3ccccc34)cc2)cc1. The number of thiophene rings is 1. The molecule has 28 aromatic rings. The number of rotatable bonds is 8. The number of fused-ring (bicyclic) bond motifs is 30. The van der Waals surface area contributed by atoms with Crippen LogP contribution in [0.3, 0.4) is 0 Å². The Morgan fingerprint density at radius 1 is 0.230 bits per heavy atom. The summed E-state index contributed by atoms with van der Waals surface area (Å²) >= 11 is 1.77. The third-order valence-electron chi connectivity index (χ3n) is 25.7. The van der Waals surface area contributed by atoms with Crippen LogP contribution in [-0.2, 0) is 0 Å². The molecule has 0 aliphatic carbocycles. The number of para-hydroxylation sites is 5. The topological polar surface area (TPSA) is 83.4 Å². The molecule has 0 amide bonds. The molecule has 10 heterocycles. The highest BCUT2D eigenvalue weighted by molar-refractivity contribution is 7.26. The molecule has 10 heteroatoms. The summed E-state index contributed by atoms with van der Waals surface area (Å²) in [5.74, 6) is 1.37. The lowest BCUT2D eigenvalue weighted by Crippen LogP contribution is -1.96. The summed E-state index contributed by atoms with van der Waals surface area (Å²) in [6, 6.07) is 140. The van der Waals surface area contributed by atoms with Crippen LogP contribution in [-0.4, -0.2) is 37.9 Å². The third kappa shape index (κ3) is 9.63. The van der Waals surface area contributed by atoms with Crippen molar-refractivity contribution in [3.8, 4) is 78.9 Å². The average Bonchev–Trinajstić information content (AvgIpc) is 1.52. The standard InChI is InChI=1S/C56H32N4O.C56H32N4S/c2*1-2-12-33(13-3-1)34-22-24-36(25-23-34)52-55-53(42-18-8-11-21-48(42)61-55)58-56(57-52)37-26-29-38(30-27-37)59-46-31-28-35-14-4-5-15-39(35)49(46)51-47(59)32-43-40-16-6-9-19-44(40)60-45-20-10-7-17-41(45)50(51)54(43)60/h2*1-32H. The molecular weight excluding hydrogens is 1510 g/mol. The van der Waals surface area contributed by atoms with E-state index in [1.165, 1.54) is 163 Å². The van der Waals surface area contributed by atoms with Crippen molar-refractivity contribution in [2.45, 2.75) is 0 Å². The largest absolute Gasteiger partial charge is 0.452 e. The first kappa shape index (κ1) is 66.9. The van der Waals surface area contributed by atoms with Gasteiger partial charge in [-0.05, 0) is 159 Å². The predicted molar refractivity (Wildman–Crippen MR) is 510 cm³/mol. The normalized spacial score (nSPS) is 12.3. The van der Waals surface area contributed by atoms with Gasteiger partial charge < -0.3 is 22.4 Å². The maximum Gasteiger partial charge on any atom is 0.180 e. The van der Waals surface area contributed by atoms with E-state index >= 15 is 0 Å². The highest BCUT2D eigenvalue weighted by Gasteiger charge is 2.29. The third-order valence-corrected chi connectivity index (χ3v) is 26.9. The van der Waals surface area contributed by atoms with E-state index in [1.807, 2.05) is 24.3 Å². The molecule has 0 aliphatic rings. The molecule has 28 rings (SSSR count). The first-order chi connectivity index (χ1) is 60.5. The molecule has 122 heavy (non-hydrogen) atoms. The van der Waals surface area contributed by atoms with Gasteiger partial charge in [0.1, 0.15) is 16.8 Å². The first-order valence-corrected chi connectivity index (χ1v) is 42.3. The summed E-state index contributed by atoms with van der Waals surface area (Å²) in [5.41, 5.74) is 28.1. The summed E-state index contributed by atoms with van der Waals surface area (Å²) < 4.78 is 18.7. The lowest BCUT2D eigenvalue weighted by molar-refractivity contribution is 0.667. The molecule has 0 radical (unpaired) electrons. The van der Waals surface area contributed by atoms with E-state index in [2.05, 4.69) is 382 Å². The van der Waals surface area contributed by atoms with Gasteiger partial charge in [0, 0.05) is 114 Å². The molecule has 0 spiro atoms. The van der Waals surface area contributed by atoms with E-state index in [9.17, 15) is 0 Å². The van der Waals surface area contributed by atoms with Crippen LogP contribution < -0.4 is 0 Å². The van der Waals surface area contributed by atoms with Crippen molar-refractivity contribution in [2.75, 3.05) is 0 Å². The summed E-state index contributed by atoms with van der Waals surface area (Å²) in [6.45, 7) is 0. The van der Waals surface area contributed by atoms with E-state index in [4.69, 9.17) is 24.4 Å². The van der Waals surface area contributed by atoms with Gasteiger partial charge >= 0.3 is 0 Å². The number of nitrogens with zero attached hydrogens (tertiary/aromatic N) is 8. The molecule has 0 aliphatic heterocycles. The quantitative estimate of drug-likeness (QED) is 0.151. The fraction of sp³-hybridized carbons (Fsp3) is 0. The van der Waals surface area contributed by atoms with Crippen LogP contribution in [0.4, 0.5) is 0 Å². The van der Waals surface area contributed by atoms with Crippen LogP contribution in [0, 0.1) is 0 Å². The molecule has 0 bridgehead atoms. The number of aromatic nitrogens is 8. The molecule has 0 saturated carbocycles. The Balaban J connectivity index is 0.000000128. The van der Waals surface area contributed by atoms with Gasteiger partial charge in [-0.2, -0.15) is 0 Å². The van der Waals surface area contributed by atoms with Gasteiger partial charge in [0.15, 0.2) is 17.2 Å². The van der Waals surface area contributed by atoms with Crippen LogP contribution in [0.1, 0.15) is 0 Å². The highest BCUT2D eigenvalue weighted by Crippen LogP contribution is 2.52. The van der Waals surface area contributed by atoms with Gasteiger partial charge in [0.25, 0.3) is 0 Å². The fourth-order valence-corrected chi connectivity index (χ4v) is 21.5. The van der Waals surface area contributed by atoms with Gasteiger partial charge in [-0.3, -0.25) is 0 Å². The van der Waals surface area contributed by atoms with Crippen LogP contribution in [0.15, 0.2) is 393 Å². The van der Waals surface area contributed by atoms with E-state index in [1.54, 1.807) is 11.3 Å². The van der Waals surface area contributed by atoms with E-state index < -0.39 is 0 Å². The van der Waals surface area contributed by atoms with Crippen molar-refractivity contribution < 1.29 is 4.42 Å². The Hall–Kier alpha value is -16.1. The number of furan rings is 1.